The van der Waals surface area contributed by atoms with Gasteiger partial charge in [-0.25, -0.2) is 0 Å². The van der Waals surface area contributed by atoms with Crippen LogP contribution in [0.15, 0.2) is 47.1 Å². The summed E-state index contributed by atoms with van der Waals surface area (Å²) in [4.78, 5) is 14.2. The van der Waals surface area contributed by atoms with Crippen LogP contribution in [0.25, 0.3) is 0 Å². The second-order valence-corrected chi connectivity index (χ2v) is 5.41. The molecular formula is C17H22N2O3. The van der Waals surface area contributed by atoms with Gasteiger partial charge in [0.25, 0.3) is 5.91 Å². The van der Waals surface area contributed by atoms with E-state index in [2.05, 4.69) is 5.32 Å². The van der Waals surface area contributed by atoms with Gasteiger partial charge >= 0.3 is 0 Å². The van der Waals surface area contributed by atoms with E-state index < -0.39 is 0 Å². The molecule has 0 spiro atoms. The van der Waals surface area contributed by atoms with Crippen LogP contribution in [0.2, 0.25) is 0 Å². The van der Waals surface area contributed by atoms with E-state index in [1.807, 2.05) is 43.1 Å². The number of nitrogens with zero attached hydrogens (tertiary/aromatic N) is 1. The summed E-state index contributed by atoms with van der Waals surface area (Å²) in [5.41, 5.74) is 1.66. The quantitative estimate of drug-likeness (QED) is 0.821. The summed E-state index contributed by atoms with van der Waals surface area (Å²) in [6.07, 6.45) is 1.58. The Morgan fingerprint density at radius 1 is 1.36 bits per heavy atom. The van der Waals surface area contributed by atoms with Crippen molar-refractivity contribution >= 4 is 5.91 Å². The van der Waals surface area contributed by atoms with Gasteiger partial charge in [0, 0.05) is 18.2 Å². The highest BCUT2D eigenvalue weighted by atomic mass is 16.3. The van der Waals surface area contributed by atoms with Crippen LogP contribution in [0.4, 0.5) is 0 Å². The first-order valence-corrected chi connectivity index (χ1v) is 7.30. The third kappa shape index (κ3) is 4.44. The van der Waals surface area contributed by atoms with E-state index in [1.165, 1.54) is 0 Å². The van der Waals surface area contributed by atoms with Crippen molar-refractivity contribution in [3.05, 3.63) is 59.5 Å². The molecule has 1 atom stereocenters. The van der Waals surface area contributed by atoms with Crippen LogP contribution in [0, 0.1) is 0 Å². The molecule has 5 nitrogen and oxygen atoms in total. The number of carbonyl (C=O) groups is 1. The number of aliphatic hydroxyl groups excluding tert-OH is 1. The van der Waals surface area contributed by atoms with E-state index in [4.69, 9.17) is 4.42 Å². The molecule has 1 aromatic heterocycles. The highest BCUT2D eigenvalue weighted by Gasteiger charge is 2.11. The molecule has 0 saturated carbocycles. The minimum Gasteiger partial charge on any atom is -0.467 e. The zero-order chi connectivity index (χ0) is 15.9. The topological polar surface area (TPSA) is 65.7 Å². The first kappa shape index (κ1) is 16.3. The number of amides is 1. The Bertz CT molecular complexity index is 596. The number of benzene rings is 1. The monoisotopic (exact) mass is 302 g/mol. The molecule has 1 aromatic carbocycles. The van der Waals surface area contributed by atoms with Crippen LogP contribution in [-0.2, 0) is 13.1 Å². The van der Waals surface area contributed by atoms with Gasteiger partial charge in [0.05, 0.1) is 19.4 Å². The van der Waals surface area contributed by atoms with Crippen molar-refractivity contribution in [1.82, 2.24) is 10.2 Å². The fourth-order valence-corrected chi connectivity index (χ4v) is 2.08. The van der Waals surface area contributed by atoms with Gasteiger partial charge in [0.15, 0.2) is 0 Å². The number of carbonyl (C=O) groups excluding carboxylic acids is 1. The summed E-state index contributed by atoms with van der Waals surface area (Å²) in [5.74, 6) is 0.595. The average molecular weight is 302 g/mol. The summed E-state index contributed by atoms with van der Waals surface area (Å²) >= 11 is 0. The van der Waals surface area contributed by atoms with Gasteiger partial charge < -0.3 is 14.8 Å². The first-order chi connectivity index (χ1) is 10.6. The summed E-state index contributed by atoms with van der Waals surface area (Å²) in [6, 6.07) is 11.2. The van der Waals surface area contributed by atoms with Crippen LogP contribution >= 0.6 is 0 Å². The molecule has 0 saturated heterocycles. The average Bonchev–Trinajstić information content (AvgIpc) is 3.05. The Morgan fingerprint density at radius 3 is 2.86 bits per heavy atom. The van der Waals surface area contributed by atoms with Crippen LogP contribution in [0.1, 0.15) is 28.6 Å². The van der Waals surface area contributed by atoms with Crippen molar-refractivity contribution in [1.29, 1.82) is 0 Å². The molecule has 1 heterocycles. The van der Waals surface area contributed by atoms with Gasteiger partial charge in [-0.15, -0.1) is 0 Å². The lowest BCUT2D eigenvalue weighted by Crippen LogP contribution is -2.31. The number of aliphatic hydroxyl groups is 1. The van der Waals surface area contributed by atoms with Crippen LogP contribution in [-0.4, -0.2) is 35.6 Å². The molecule has 5 heteroatoms. The molecule has 0 fully saturated rings. The fraction of sp³-hybridized carbons (Fsp3) is 0.353. The van der Waals surface area contributed by atoms with Crippen LogP contribution in [0.3, 0.4) is 0 Å². The van der Waals surface area contributed by atoms with E-state index in [9.17, 15) is 9.90 Å². The minimum absolute atomic E-state index is 0.0800. The van der Waals surface area contributed by atoms with Gasteiger partial charge in [-0.2, -0.15) is 0 Å². The predicted molar refractivity (Wildman–Crippen MR) is 84.3 cm³/mol. The third-order valence-electron chi connectivity index (χ3n) is 3.64. The summed E-state index contributed by atoms with van der Waals surface area (Å²) in [6.45, 7) is 3.12. The summed E-state index contributed by atoms with van der Waals surface area (Å²) in [7, 11) is 1.95. The second-order valence-electron chi connectivity index (χ2n) is 5.41. The zero-order valence-electron chi connectivity index (χ0n) is 13.0. The fourth-order valence-electron chi connectivity index (χ4n) is 2.08. The number of nitrogens with one attached hydrogen (secondary N) is 1. The SMILES string of the molecule is CC(CO)N(C)Cc1cccc(C(=O)NCc2ccco2)c1. The zero-order valence-corrected chi connectivity index (χ0v) is 13.0. The normalized spacial score (nSPS) is 12.4. The molecule has 0 bridgehead atoms. The Morgan fingerprint density at radius 2 is 2.18 bits per heavy atom. The first-order valence-electron chi connectivity index (χ1n) is 7.30. The van der Waals surface area contributed by atoms with E-state index in [-0.39, 0.29) is 18.6 Å². The number of hydrogen-bond acceptors (Lipinski definition) is 4. The predicted octanol–water partition coefficient (Wildman–Crippen LogP) is 2.02. The maximum Gasteiger partial charge on any atom is 0.251 e. The number of hydrogen-bond donors (Lipinski definition) is 2. The Labute approximate surface area is 130 Å². The highest BCUT2D eigenvalue weighted by molar-refractivity contribution is 5.94. The third-order valence-corrected chi connectivity index (χ3v) is 3.64. The molecule has 2 N–H and O–H groups in total. The Hall–Kier alpha value is -2.11. The maximum absolute atomic E-state index is 12.2. The lowest BCUT2D eigenvalue weighted by molar-refractivity contribution is 0.0947. The lowest BCUT2D eigenvalue weighted by atomic mass is 10.1. The van der Waals surface area contributed by atoms with E-state index >= 15 is 0 Å². The van der Waals surface area contributed by atoms with Crippen molar-refractivity contribution in [3.63, 3.8) is 0 Å². The van der Waals surface area contributed by atoms with E-state index in [0.717, 1.165) is 11.3 Å². The van der Waals surface area contributed by atoms with Gasteiger partial charge in [0.1, 0.15) is 5.76 Å². The molecule has 1 amide bonds. The van der Waals surface area contributed by atoms with Gasteiger partial charge in [-0.3, -0.25) is 9.69 Å². The number of likely N-dealkylation sites (N-methyl/N-ethyl adjacent to an activating group) is 1. The molecule has 0 radical (unpaired) electrons. The largest absolute Gasteiger partial charge is 0.467 e. The lowest BCUT2D eigenvalue weighted by Gasteiger charge is -2.22. The Kier molecular flexibility index (Phi) is 5.75. The van der Waals surface area contributed by atoms with E-state index in [0.29, 0.717) is 18.7 Å². The minimum atomic E-state index is -0.129. The van der Waals surface area contributed by atoms with Crippen LogP contribution in [0.5, 0.6) is 0 Å². The molecule has 118 valence electrons. The molecule has 0 aliphatic rings. The summed E-state index contributed by atoms with van der Waals surface area (Å²) < 4.78 is 5.19. The molecular weight excluding hydrogens is 280 g/mol. The molecule has 0 aliphatic carbocycles. The smallest absolute Gasteiger partial charge is 0.251 e. The van der Waals surface area contributed by atoms with Gasteiger partial charge in [0.2, 0.25) is 0 Å². The number of furan rings is 1. The molecule has 22 heavy (non-hydrogen) atoms. The maximum atomic E-state index is 12.2. The van der Waals surface area contributed by atoms with E-state index in [1.54, 1.807) is 18.4 Å². The van der Waals surface area contributed by atoms with Crippen molar-refractivity contribution < 1.29 is 14.3 Å². The number of rotatable bonds is 7. The van der Waals surface area contributed by atoms with Gasteiger partial charge in [-0.1, -0.05) is 12.1 Å². The standard InChI is InChI=1S/C17H22N2O3/c1-13(12-20)19(2)11-14-5-3-6-15(9-14)17(21)18-10-16-7-4-8-22-16/h3-9,13,20H,10-12H2,1-2H3,(H,18,21). The molecule has 1 unspecified atom stereocenters. The highest BCUT2D eigenvalue weighted by Crippen LogP contribution is 2.10. The van der Waals surface area contributed by atoms with Crippen LogP contribution < -0.4 is 5.32 Å². The summed E-state index contributed by atoms with van der Waals surface area (Å²) in [5, 5.41) is 12.0. The van der Waals surface area contributed by atoms with Crippen molar-refractivity contribution in [2.24, 2.45) is 0 Å². The van der Waals surface area contributed by atoms with Crippen molar-refractivity contribution in [2.45, 2.75) is 26.1 Å². The molecule has 0 aliphatic heterocycles. The van der Waals surface area contributed by atoms with Gasteiger partial charge in [-0.05, 0) is 43.8 Å². The van der Waals surface area contributed by atoms with Crippen molar-refractivity contribution in [2.75, 3.05) is 13.7 Å². The molecule has 2 aromatic rings. The Balaban J connectivity index is 1.96. The second kappa shape index (κ2) is 7.77. The molecule has 2 rings (SSSR count). The van der Waals surface area contributed by atoms with Crippen molar-refractivity contribution in [3.8, 4) is 0 Å².